The molecule has 0 N–H and O–H groups in total. The van der Waals surface area contributed by atoms with Crippen LogP contribution in [-0.2, 0) is 15.3 Å². The Morgan fingerprint density at radius 3 is 2.71 bits per heavy atom. The lowest BCUT2D eigenvalue weighted by molar-refractivity contribution is -0.895. The molecule has 1 aliphatic rings. The zero-order valence-electron chi connectivity index (χ0n) is 8.40. The molecule has 1 aromatic heterocycles. The SMILES string of the molecule is CO[n+]1ccccc1C1(C)OCCO1. The van der Waals surface area contributed by atoms with E-state index in [4.69, 9.17) is 14.3 Å². The van der Waals surface area contributed by atoms with Gasteiger partial charge < -0.3 is 9.47 Å². The summed E-state index contributed by atoms with van der Waals surface area (Å²) in [5, 5.41) is 0. The van der Waals surface area contributed by atoms with E-state index >= 15 is 0 Å². The van der Waals surface area contributed by atoms with Crippen LogP contribution in [0.5, 0.6) is 0 Å². The lowest BCUT2D eigenvalue weighted by atomic mass is 10.2. The number of rotatable bonds is 2. The second-order valence-electron chi connectivity index (χ2n) is 3.24. The van der Waals surface area contributed by atoms with Crippen LogP contribution in [0.3, 0.4) is 0 Å². The van der Waals surface area contributed by atoms with Gasteiger partial charge in [0.25, 0.3) is 11.5 Å². The van der Waals surface area contributed by atoms with Crippen molar-refractivity contribution in [1.82, 2.24) is 0 Å². The summed E-state index contributed by atoms with van der Waals surface area (Å²) in [5.41, 5.74) is 0.861. The molecule has 1 saturated heterocycles. The number of hydrogen-bond acceptors (Lipinski definition) is 3. The quantitative estimate of drug-likeness (QED) is 0.635. The molecule has 0 saturated carbocycles. The molecule has 0 aliphatic carbocycles. The molecule has 4 heteroatoms. The minimum atomic E-state index is -0.683. The summed E-state index contributed by atoms with van der Waals surface area (Å²) in [7, 11) is 1.61. The van der Waals surface area contributed by atoms with Gasteiger partial charge in [0.05, 0.1) is 13.2 Å². The summed E-state index contributed by atoms with van der Waals surface area (Å²) < 4.78 is 12.7. The molecule has 1 fully saturated rings. The van der Waals surface area contributed by atoms with E-state index in [1.165, 1.54) is 0 Å². The number of hydrogen-bond donors (Lipinski definition) is 0. The maximum absolute atomic E-state index is 5.55. The summed E-state index contributed by atoms with van der Waals surface area (Å²) in [6.07, 6.45) is 1.83. The molecule has 0 bridgehead atoms. The number of nitrogens with zero attached hydrogens (tertiary/aromatic N) is 1. The molecule has 0 aromatic carbocycles. The number of pyridine rings is 1. The van der Waals surface area contributed by atoms with Crippen LogP contribution < -0.4 is 9.57 Å². The smallest absolute Gasteiger partial charge is 0.293 e. The third-order valence-corrected chi connectivity index (χ3v) is 2.32. The monoisotopic (exact) mass is 196 g/mol. The Bertz CT molecular complexity index is 321. The first-order valence-electron chi connectivity index (χ1n) is 4.60. The third kappa shape index (κ3) is 1.47. The summed E-state index contributed by atoms with van der Waals surface area (Å²) in [6.45, 7) is 3.13. The molecule has 2 heterocycles. The van der Waals surface area contributed by atoms with Crippen LogP contribution in [0.1, 0.15) is 12.6 Å². The standard InChI is InChI=1S/C10H14NO3/c1-10(13-7-8-14-10)9-5-3-4-6-11(9)12-2/h3-6H,7-8H2,1-2H3/q+1. The molecule has 4 nitrogen and oxygen atoms in total. The summed E-state index contributed by atoms with van der Waals surface area (Å²) in [4.78, 5) is 5.18. The Balaban J connectivity index is 2.39. The highest BCUT2D eigenvalue weighted by atomic mass is 16.7. The van der Waals surface area contributed by atoms with Crippen molar-refractivity contribution in [3.05, 3.63) is 30.1 Å². The highest BCUT2D eigenvalue weighted by molar-refractivity contribution is 5.04. The van der Waals surface area contributed by atoms with E-state index in [1.54, 1.807) is 11.8 Å². The lowest BCUT2D eigenvalue weighted by Gasteiger charge is -2.17. The first-order chi connectivity index (χ1) is 6.76. The van der Waals surface area contributed by atoms with Crippen LogP contribution in [0.25, 0.3) is 0 Å². The van der Waals surface area contributed by atoms with Crippen molar-refractivity contribution in [2.24, 2.45) is 0 Å². The molecule has 1 aromatic rings. The van der Waals surface area contributed by atoms with E-state index in [0.29, 0.717) is 13.2 Å². The Kier molecular flexibility index (Phi) is 2.39. The van der Waals surface area contributed by atoms with E-state index in [-0.39, 0.29) is 0 Å². The fraction of sp³-hybridized carbons (Fsp3) is 0.500. The van der Waals surface area contributed by atoms with Crippen LogP contribution in [0.4, 0.5) is 0 Å². The Morgan fingerprint density at radius 2 is 2.07 bits per heavy atom. The second kappa shape index (κ2) is 3.55. The Hall–Kier alpha value is -1.13. The molecule has 0 spiro atoms. The lowest BCUT2D eigenvalue weighted by Crippen LogP contribution is -2.49. The second-order valence-corrected chi connectivity index (χ2v) is 3.24. The Labute approximate surface area is 83.0 Å². The van der Waals surface area contributed by atoms with Crippen molar-refractivity contribution in [2.45, 2.75) is 12.7 Å². The highest BCUT2D eigenvalue weighted by Crippen LogP contribution is 2.27. The predicted octanol–water partition coefficient (Wildman–Crippen LogP) is 0.252. The summed E-state index contributed by atoms with van der Waals surface area (Å²) in [5.74, 6) is -0.683. The van der Waals surface area contributed by atoms with Gasteiger partial charge in [-0.2, -0.15) is 0 Å². The van der Waals surface area contributed by atoms with Gasteiger partial charge in [-0.05, 0) is 6.07 Å². The van der Waals surface area contributed by atoms with Crippen molar-refractivity contribution >= 4 is 0 Å². The minimum Gasteiger partial charge on any atom is -0.339 e. The fourth-order valence-corrected chi connectivity index (χ4v) is 1.60. The molecule has 0 amide bonds. The van der Waals surface area contributed by atoms with E-state index < -0.39 is 5.79 Å². The maximum atomic E-state index is 5.55. The molecule has 0 unspecified atom stereocenters. The van der Waals surface area contributed by atoms with Crippen LogP contribution >= 0.6 is 0 Å². The molecule has 76 valence electrons. The van der Waals surface area contributed by atoms with Crippen molar-refractivity contribution in [1.29, 1.82) is 0 Å². The zero-order valence-corrected chi connectivity index (χ0v) is 8.40. The molecule has 2 rings (SSSR count). The highest BCUT2D eigenvalue weighted by Gasteiger charge is 2.42. The average molecular weight is 196 g/mol. The fourth-order valence-electron chi connectivity index (χ4n) is 1.60. The van der Waals surface area contributed by atoms with Gasteiger partial charge in [-0.3, -0.25) is 4.84 Å². The van der Waals surface area contributed by atoms with Crippen molar-refractivity contribution < 1.29 is 19.0 Å². The molecule has 0 atom stereocenters. The van der Waals surface area contributed by atoms with Gasteiger partial charge in [0.15, 0.2) is 0 Å². The van der Waals surface area contributed by atoms with Crippen LogP contribution in [0.15, 0.2) is 24.4 Å². The van der Waals surface area contributed by atoms with E-state index in [1.807, 2.05) is 31.3 Å². The van der Waals surface area contributed by atoms with Crippen LogP contribution in [0, 0.1) is 0 Å². The molecule has 0 radical (unpaired) electrons. The summed E-state index contributed by atoms with van der Waals surface area (Å²) >= 11 is 0. The predicted molar refractivity (Wildman–Crippen MR) is 48.4 cm³/mol. The normalized spacial score (nSPS) is 19.6. The van der Waals surface area contributed by atoms with Crippen molar-refractivity contribution in [3.8, 4) is 0 Å². The average Bonchev–Trinajstić information content (AvgIpc) is 2.66. The van der Waals surface area contributed by atoms with Gasteiger partial charge in [0, 0.05) is 23.8 Å². The number of ether oxygens (including phenoxy) is 2. The third-order valence-electron chi connectivity index (χ3n) is 2.32. The molecular formula is C10H14NO3+. The first kappa shape index (κ1) is 9.43. The van der Waals surface area contributed by atoms with Gasteiger partial charge in [-0.1, -0.05) is 0 Å². The molecule has 14 heavy (non-hydrogen) atoms. The minimum absolute atomic E-state index is 0.620. The van der Waals surface area contributed by atoms with Gasteiger partial charge in [0.1, 0.15) is 7.11 Å². The van der Waals surface area contributed by atoms with Crippen molar-refractivity contribution in [2.75, 3.05) is 20.3 Å². The topological polar surface area (TPSA) is 31.6 Å². The van der Waals surface area contributed by atoms with Crippen LogP contribution in [0.2, 0.25) is 0 Å². The first-order valence-corrected chi connectivity index (χ1v) is 4.60. The van der Waals surface area contributed by atoms with Gasteiger partial charge in [0.2, 0.25) is 6.20 Å². The van der Waals surface area contributed by atoms with E-state index in [0.717, 1.165) is 5.69 Å². The largest absolute Gasteiger partial charge is 0.339 e. The maximum Gasteiger partial charge on any atom is 0.293 e. The van der Waals surface area contributed by atoms with Gasteiger partial charge >= 0.3 is 0 Å². The molecule has 1 aliphatic heterocycles. The molecular weight excluding hydrogens is 182 g/mol. The van der Waals surface area contributed by atoms with E-state index in [9.17, 15) is 0 Å². The number of aromatic nitrogens is 1. The van der Waals surface area contributed by atoms with Crippen molar-refractivity contribution in [3.63, 3.8) is 0 Å². The summed E-state index contributed by atoms with van der Waals surface area (Å²) in [6, 6.07) is 5.75. The zero-order chi connectivity index (χ0) is 10.0. The van der Waals surface area contributed by atoms with Crippen LogP contribution in [-0.4, -0.2) is 20.3 Å². The van der Waals surface area contributed by atoms with E-state index in [2.05, 4.69) is 0 Å². The van der Waals surface area contributed by atoms with Gasteiger partial charge in [-0.25, -0.2) is 0 Å². The Morgan fingerprint density at radius 1 is 1.36 bits per heavy atom. The van der Waals surface area contributed by atoms with Gasteiger partial charge in [-0.15, -0.1) is 0 Å².